The molecule has 0 radical (unpaired) electrons. The van der Waals surface area contributed by atoms with E-state index in [-0.39, 0.29) is 11.4 Å². The topological polar surface area (TPSA) is 63.4 Å². The number of halogens is 1. The summed E-state index contributed by atoms with van der Waals surface area (Å²) in [5.74, 6) is -0.379. The predicted octanol–water partition coefficient (Wildman–Crippen LogP) is 3.07. The Labute approximate surface area is 92.0 Å². The lowest BCUT2D eigenvalue weighted by Gasteiger charge is -2.06. The summed E-state index contributed by atoms with van der Waals surface area (Å²) < 4.78 is 0. The zero-order chi connectivity index (χ0) is 11.6. The van der Waals surface area contributed by atoms with Crippen molar-refractivity contribution in [1.29, 1.82) is 0 Å². The minimum atomic E-state index is -0.645. The van der Waals surface area contributed by atoms with Crippen LogP contribution < -0.4 is 0 Å². The van der Waals surface area contributed by atoms with Crippen molar-refractivity contribution in [3.05, 3.63) is 45.0 Å². The molecule has 0 aliphatic heterocycles. The summed E-state index contributed by atoms with van der Waals surface area (Å²) in [6.07, 6.45) is 0.326. The molecule has 0 amide bonds. The van der Waals surface area contributed by atoms with Gasteiger partial charge in [0.15, 0.2) is 5.75 Å². The fourth-order valence-electron chi connectivity index (χ4n) is 1.22. The highest BCUT2D eigenvalue weighted by atomic mass is 35.5. The van der Waals surface area contributed by atoms with E-state index in [1.165, 1.54) is 12.1 Å². The van der Waals surface area contributed by atoms with Crippen molar-refractivity contribution < 1.29 is 10.0 Å². The molecule has 0 fully saturated rings. The number of nitro benzene ring substituents is 1. The molecule has 0 aliphatic rings. The second kappa shape index (κ2) is 4.31. The van der Waals surface area contributed by atoms with Gasteiger partial charge in [-0.15, -0.1) is 0 Å². The number of nitro groups is 1. The molecule has 1 aromatic carbocycles. The maximum Gasteiger partial charge on any atom is 0.311 e. The van der Waals surface area contributed by atoms with Crippen LogP contribution in [0.3, 0.4) is 0 Å². The highest BCUT2D eigenvalue weighted by molar-refractivity contribution is 6.31. The zero-order valence-corrected chi connectivity index (χ0v) is 8.91. The average Bonchev–Trinajstić information content (AvgIpc) is 2.11. The van der Waals surface area contributed by atoms with Crippen LogP contribution >= 0.6 is 11.6 Å². The molecule has 0 spiro atoms. The lowest BCUT2D eigenvalue weighted by Crippen LogP contribution is -1.94. The molecular weight excluding hydrogens is 218 g/mol. The highest BCUT2D eigenvalue weighted by Gasteiger charge is 2.19. The number of phenols is 1. The van der Waals surface area contributed by atoms with Gasteiger partial charge in [-0.2, -0.15) is 0 Å². The Morgan fingerprint density at radius 2 is 2.27 bits per heavy atom. The number of hydrogen-bond donors (Lipinski definition) is 1. The van der Waals surface area contributed by atoms with Gasteiger partial charge in [0.2, 0.25) is 0 Å². The number of nitrogens with zero attached hydrogens (tertiary/aromatic N) is 1. The Bertz CT molecular complexity index is 429. The monoisotopic (exact) mass is 227 g/mol. The van der Waals surface area contributed by atoms with E-state index in [9.17, 15) is 15.2 Å². The third-order valence-electron chi connectivity index (χ3n) is 1.88. The first-order valence-corrected chi connectivity index (χ1v) is 4.60. The summed E-state index contributed by atoms with van der Waals surface area (Å²) in [4.78, 5) is 9.91. The van der Waals surface area contributed by atoms with E-state index in [0.29, 0.717) is 17.0 Å². The third-order valence-corrected chi connectivity index (χ3v) is 2.23. The molecule has 1 rings (SSSR count). The van der Waals surface area contributed by atoms with Crippen LogP contribution in [0.5, 0.6) is 5.75 Å². The first kappa shape index (κ1) is 11.5. The molecule has 0 unspecified atom stereocenters. The lowest BCUT2D eigenvalue weighted by atomic mass is 10.1. The number of phenolic OH excluding ortho intramolecular Hbond substituents is 1. The Morgan fingerprint density at radius 1 is 1.67 bits per heavy atom. The Kier molecular flexibility index (Phi) is 3.31. The summed E-state index contributed by atoms with van der Waals surface area (Å²) in [5.41, 5.74) is 0.779. The predicted molar refractivity (Wildman–Crippen MR) is 58.3 cm³/mol. The van der Waals surface area contributed by atoms with Gasteiger partial charge in [-0.1, -0.05) is 23.8 Å². The van der Waals surface area contributed by atoms with Crippen molar-refractivity contribution in [2.24, 2.45) is 0 Å². The standard InChI is InChI=1S/C10H10ClNO3/c1-6(2)5-7-8(11)3-4-9(10(7)13)12(14)15/h3-4,13H,1,5H2,2H3. The Morgan fingerprint density at radius 3 is 2.73 bits per heavy atom. The minimum Gasteiger partial charge on any atom is -0.502 e. The molecule has 0 bridgehead atoms. The molecule has 0 saturated heterocycles. The summed E-state index contributed by atoms with van der Waals surface area (Å²) in [7, 11) is 0. The third kappa shape index (κ3) is 2.47. The van der Waals surface area contributed by atoms with Crippen molar-refractivity contribution in [3.63, 3.8) is 0 Å². The van der Waals surface area contributed by atoms with E-state index in [1.54, 1.807) is 6.92 Å². The molecular formula is C10H10ClNO3. The Balaban J connectivity index is 3.29. The largest absolute Gasteiger partial charge is 0.502 e. The van der Waals surface area contributed by atoms with E-state index in [1.807, 2.05) is 0 Å². The van der Waals surface area contributed by atoms with Crippen molar-refractivity contribution >= 4 is 17.3 Å². The number of aromatic hydroxyl groups is 1. The van der Waals surface area contributed by atoms with Crippen LogP contribution in [0.2, 0.25) is 5.02 Å². The van der Waals surface area contributed by atoms with Crippen LogP contribution in [-0.2, 0) is 6.42 Å². The molecule has 5 heteroatoms. The molecule has 80 valence electrons. The SMILES string of the molecule is C=C(C)Cc1c(Cl)ccc([N+](=O)[O-])c1O. The molecule has 1 N–H and O–H groups in total. The molecule has 0 aliphatic carbocycles. The molecule has 4 nitrogen and oxygen atoms in total. The van der Waals surface area contributed by atoms with Crippen LogP contribution in [0, 0.1) is 10.1 Å². The van der Waals surface area contributed by atoms with Crippen molar-refractivity contribution in [2.75, 3.05) is 0 Å². The average molecular weight is 228 g/mol. The van der Waals surface area contributed by atoms with Crippen LogP contribution in [-0.4, -0.2) is 10.0 Å². The van der Waals surface area contributed by atoms with Crippen LogP contribution in [0.25, 0.3) is 0 Å². The molecule has 0 saturated carbocycles. The molecule has 0 aromatic heterocycles. The van der Waals surface area contributed by atoms with Crippen LogP contribution in [0.4, 0.5) is 5.69 Å². The van der Waals surface area contributed by atoms with E-state index in [4.69, 9.17) is 11.6 Å². The van der Waals surface area contributed by atoms with E-state index in [0.717, 1.165) is 5.57 Å². The number of rotatable bonds is 3. The molecule has 15 heavy (non-hydrogen) atoms. The van der Waals surface area contributed by atoms with E-state index >= 15 is 0 Å². The highest BCUT2D eigenvalue weighted by Crippen LogP contribution is 2.35. The van der Waals surface area contributed by atoms with Crippen molar-refractivity contribution in [1.82, 2.24) is 0 Å². The maximum absolute atomic E-state index is 10.6. The molecule has 0 atom stereocenters. The van der Waals surface area contributed by atoms with Crippen LogP contribution in [0.15, 0.2) is 24.3 Å². The first-order valence-electron chi connectivity index (χ1n) is 4.22. The van der Waals surface area contributed by atoms with Crippen molar-refractivity contribution in [3.8, 4) is 5.75 Å². The fourth-order valence-corrected chi connectivity index (χ4v) is 1.44. The minimum absolute atomic E-state index is 0.307. The second-order valence-electron chi connectivity index (χ2n) is 3.28. The van der Waals surface area contributed by atoms with Gasteiger partial charge in [0, 0.05) is 16.7 Å². The summed E-state index contributed by atoms with van der Waals surface area (Å²) >= 11 is 5.83. The quantitative estimate of drug-likeness (QED) is 0.490. The Hall–Kier alpha value is -1.55. The van der Waals surface area contributed by atoms with Gasteiger partial charge in [0.05, 0.1) is 4.92 Å². The van der Waals surface area contributed by atoms with E-state index < -0.39 is 4.92 Å². The zero-order valence-electron chi connectivity index (χ0n) is 8.16. The molecule has 1 aromatic rings. The lowest BCUT2D eigenvalue weighted by molar-refractivity contribution is -0.385. The molecule has 0 heterocycles. The second-order valence-corrected chi connectivity index (χ2v) is 3.69. The summed E-state index contributed by atoms with van der Waals surface area (Å²) in [6.45, 7) is 5.43. The fraction of sp³-hybridized carbons (Fsp3) is 0.200. The van der Waals surface area contributed by atoms with Gasteiger partial charge in [-0.25, -0.2) is 0 Å². The summed E-state index contributed by atoms with van der Waals surface area (Å²) in [5, 5.41) is 20.5. The maximum atomic E-state index is 10.6. The van der Waals surface area contributed by atoms with Crippen LogP contribution in [0.1, 0.15) is 12.5 Å². The van der Waals surface area contributed by atoms with Gasteiger partial charge in [-0.05, 0) is 19.4 Å². The number of benzene rings is 1. The van der Waals surface area contributed by atoms with Crippen molar-refractivity contribution in [2.45, 2.75) is 13.3 Å². The summed E-state index contributed by atoms with van der Waals surface area (Å²) in [6, 6.07) is 2.58. The van der Waals surface area contributed by atoms with E-state index in [2.05, 4.69) is 6.58 Å². The van der Waals surface area contributed by atoms with Gasteiger partial charge in [-0.3, -0.25) is 10.1 Å². The number of hydrogen-bond acceptors (Lipinski definition) is 3. The van der Waals surface area contributed by atoms with Gasteiger partial charge < -0.3 is 5.11 Å². The van der Waals surface area contributed by atoms with Gasteiger partial charge in [0.1, 0.15) is 0 Å². The number of allylic oxidation sites excluding steroid dienone is 1. The van der Waals surface area contributed by atoms with Gasteiger partial charge >= 0.3 is 5.69 Å². The smallest absolute Gasteiger partial charge is 0.311 e. The first-order chi connectivity index (χ1) is 6.93. The normalized spacial score (nSPS) is 10.0. The van der Waals surface area contributed by atoms with Gasteiger partial charge in [0.25, 0.3) is 0 Å².